The monoisotopic (exact) mass is 225 g/mol. The molecule has 0 unspecified atom stereocenters. The van der Waals surface area contributed by atoms with Gasteiger partial charge in [-0.15, -0.1) is 0 Å². The van der Waals surface area contributed by atoms with Crippen LogP contribution in [0.15, 0.2) is 16.7 Å². The SMILES string of the molecule is Cc1ccoc1C(=O)NCCCCCCO. The first-order valence-electron chi connectivity index (χ1n) is 5.69. The van der Waals surface area contributed by atoms with Gasteiger partial charge >= 0.3 is 0 Å². The van der Waals surface area contributed by atoms with Crippen molar-refractivity contribution in [2.45, 2.75) is 32.6 Å². The maximum Gasteiger partial charge on any atom is 0.287 e. The number of carbonyl (C=O) groups is 1. The minimum Gasteiger partial charge on any atom is -0.459 e. The number of furan rings is 1. The van der Waals surface area contributed by atoms with Gasteiger partial charge in [0.15, 0.2) is 5.76 Å². The summed E-state index contributed by atoms with van der Waals surface area (Å²) < 4.78 is 5.08. The van der Waals surface area contributed by atoms with Gasteiger partial charge in [0, 0.05) is 18.7 Å². The van der Waals surface area contributed by atoms with Crippen LogP contribution < -0.4 is 5.32 Å². The second-order valence-corrected chi connectivity index (χ2v) is 3.83. The van der Waals surface area contributed by atoms with Gasteiger partial charge in [-0.3, -0.25) is 4.79 Å². The number of aryl methyl sites for hydroxylation is 1. The van der Waals surface area contributed by atoms with E-state index < -0.39 is 0 Å². The molecule has 0 aliphatic heterocycles. The Bertz CT molecular complexity index is 320. The number of unbranched alkanes of at least 4 members (excludes halogenated alkanes) is 3. The van der Waals surface area contributed by atoms with Crippen LogP contribution in [0.1, 0.15) is 41.8 Å². The number of amides is 1. The predicted molar refractivity (Wildman–Crippen MR) is 61.3 cm³/mol. The number of carbonyl (C=O) groups excluding carboxylic acids is 1. The minimum absolute atomic E-state index is 0.148. The standard InChI is InChI=1S/C12H19NO3/c1-10-6-9-16-11(10)12(15)13-7-4-2-3-5-8-14/h6,9,14H,2-5,7-8H2,1H3,(H,13,15). The van der Waals surface area contributed by atoms with Crippen LogP contribution in [0.2, 0.25) is 0 Å². The van der Waals surface area contributed by atoms with E-state index in [2.05, 4.69) is 5.32 Å². The number of rotatable bonds is 7. The van der Waals surface area contributed by atoms with E-state index in [1.54, 1.807) is 6.07 Å². The van der Waals surface area contributed by atoms with Crippen LogP contribution in [-0.2, 0) is 0 Å². The van der Waals surface area contributed by atoms with E-state index in [1.807, 2.05) is 6.92 Å². The number of aliphatic hydroxyl groups is 1. The lowest BCUT2D eigenvalue weighted by Gasteiger charge is -2.03. The third-order valence-corrected chi connectivity index (χ3v) is 2.44. The van der Waals surface area contributed by atoms with Crippen molar-refractivity contribution in [3.05, 3.63) is 23.7 Å². The molecule has 0 aromatic carbocycles. The summed E-state index contributed by atoms with van der Waals surface area (Å²) in [6, 6.07) is 1.77. The molecule has 2 N–H and O–H groups in total. The molecule has 0 bridgehead atoms. The summed E-state index contributed by atoms with van der Waals surface area (Å²) >= 11 is 0. The molecule has 16 heavy (non-hydrogen) atoms. The first-order chi connectivity index (χ1) is 7.75. The van der Waals surface area contributed by atoms with Crippen molar-refractivity contribution in [3.8, 4) is 0 Å². The van der Waals surface area contributed by atoms with Gasteiger partial charge in [-0.2, -0.15) is 0 Å². The Morgan fingerprint density at radius 1 is 1.38 bits per heavy atom. The summed E-state index contributed by atoms with van der Waals surface area (Å²) in [5.74, 6) is 0.250. The summed E-state index contributed by atoms with van der Waals surface area (Å²) in [4.78, 5) is 11.6. The zero-order chi connectivity index (χ0) is 11.8. The molecule has 0 spiro atoms. The molecule has 1 aromatic rings. The number of aliphatic hydroxyl groups excluding tert-OH is 1. The molecule has 90 valence electrons. The average Bonchev–Trinajstić information content (AvgIpc) is 2.69. The van der Waals surface area contributed by atoms with Crippen LogP contribution >= 0.6 is 0 Å². The van der Waals surface area contributed by atoms with E-state index >= 15 is 0 Å². The van der Waals surface area contributed by atoms with Gasteiger partial charge in [-0.1, -0.05) is 12.8 Å². The molecule has 0 aliphatic carbocycles. The molecular weight excluding hydrogens is 206 g/mol. The fourth-order valence-corrected chi connectivity index (χ4v) is 1.48. The highest BCUT2D eigenvalue weighted by molar-refractivity contribution is 5.92. The third kappa shape index (κ3) is 4.06. The van der Waals surface area contributed by atoms with E-state index in [-0.39, 0.29) is 12.5 Å². The largest absolute Gasteiger partial charge is 0.459 e. The van der Waals surface area contributed by atoms with Crippen molar-refractivity contribution in [1.82, 2.24) is 5.32 Å². The first kappa shape index (κ1) is 12.8. The highest BCUT2D eigenvalue weighted by Gasteiger charge is 2.10. The van der Waals surface area contributed by atoms with E-state index in [1.165, 1.54) is 6.26 Å². The fraction of sp³-hybridized carbons (Fsp3) is 0.583. The van der Waals surface area contributed by atoms with Crippen molar-refractivity contribution < 1.29 is 14.3 Å². The van der Waals surface area contributed by atoms with E-state index in [9.17, 15) is 4.79 Å². The lowest BCUT2D eigenvalue weighted by Crippen LogP contribution is -2.24. The van der Waals surface area contributed by atoms with E-state index in [0.29, 0.717) is 12.3 Å². The minimum atomic E-state index is -0.148. The zero-order valence-corrected chi connectivity index (χ0v) is 9.66. The van der Waals surface area contributed by atoms with Crippen LogP contribution in [0.5, 0.6) is 0 Å². The molecule has 1 aromatic heterocycles. The predicted octanol–water partition coefficient (Wildman–Crippen LogP) is 1.87. The molecule has 1 rings (SSSR count). The van der Waals surface area contributed by atoms with E-state index in [0.717, 1.165) is 31.2 Å². The van der Waals surface area contributed by atoms with Crippen LogP contribution in [-0.4, -0.2) is 24.2 Å². The Balaban J connectivity index is 2.14. The summed E-state index contributed by atoms with van der Waals surface area (Å²) in [5, 5.41) is 11.4. The highest BCUT2D eigenvalue weighted by atomic mass is 16.3. The number of hydrogen-bond acceptors (Lipinski definition) is 3. The van der Waals surface area contributed by atoms with Gasteiger partial charge in [-0.05, 0) is 25.8 Å². The Kier molecular flexibility index (Phi) is 5.64. The topological polar surface area (TPSA) is 62.5 Å². The lowest BCUT2D eigenvalue weighted by molar-refractivity contribution is 0.0924. The Morgan fingerprint density at radius 3 is 2.75 bits per heavy atom. The maximum absolute atomic E-state index is 11.6. The molecule has 1 amide bonds. The zero-order valence-electron chi connectivity index (χ0n) is 9.66. The second-order valence-electron chi connectivity index (χ2n) is 3.83. The smallest absolute Gasteiger partial charge is 0.287 e. The van der Waals surface area contributed by atoms with Gasteiger partial charge in [0.25, 0.3) is 5.91 Å². The quantitative estimate of drug-likeness (QED) is 0.696. The van der Waals surface area contributed by atoms with Crippen molar-refractivity contribution >= 4 is 5.91 Å². The number of hydrogen-bond donors (Lipinski definition) is 2. The van der Waals surface area contributed by atoms with Gasteiger partial charge in [0.1, 0.15) is 0 Å². The van der Waals surface area contributed by atoms with Crippen molar-refractivity contribution in [2.75, 3.05) is 13.2 Å². The van der Waals surface area contributed by atoms with Crippen molar-refractivity contribution in [2.24, 2.45) is 0 Å². The van der Waals surface area contributed by atoms with Crippen molar-refractivity contribution in [1.29, 1.82) is 0 Å². The molecule has 4 nitrogen and oxygen atoms in total. The first-order valence-corrected chi connectivity index (χ1v) is 5.69. The van der Waals surface area contributed by atoms with Crippen LogP contribution in [0.4, 0.5) is 0 Å². The van der Waals surface area contributed by atoms with Crippen LogP contribution in [0.3, 0.4) is 0 Å². The maximum atomic E-state index is 11.6. The molecule has 0 radical (unpaired) electrons. The molecule has 0 aliphatic rings. The molecule has 4 heteroatoms. The fourth-order valence-electron chi connectivity index (χ4n) is 1.48. The molecule has 1 heterocycles. The Hall–Kier alpha value is -1.29. The van der Waals surface area contributed by atoms with Gasteiger partial charge in [0.2, 0.25) is 0 Å². The van der Waals surface area contributed by atoms with Gasteiger partial charge < -0.3 is 14.8 Å². The van der Waals surface area contributed by atoms with Gasteiger partial charge in [-0.25, -0.2) is 0 Å². The van der Waals surface area contributed by atoms with Crippen molar-refractivity contribution in [3.63, 3.8) is 0 Å². The summed E-state index contributed by atoms with van der Waals surface area (Å²) in [6.07, 6.45) is 5.33. The molecule has 0 fully saturated rings. The average molecular weight is 225 g/mol. The lowest BCUT2D eigenvalue weighted by atomic mass is 10.2. The second kappa shape index (κ2) is 7.06. The number of nitrogens with one attached hydrogen (secondary N) is 1. The van der Waals surface area contributed by atoms with Crippen LogP contribution in [0, 0.1) is 6.92 Å². The van der Waals surface area contributed by atoms with Gasteiger partial charge in [0.05, 0.1) is 6.26 Å². The molecule has 0 saturated heterocycles. The Morgan fingerprint density at radius 2 is 2.12 bits per heavy atom. The Labute approximate surface area is 95.7 Å². The third-order valence-electron chi connectivity index (χ3n) is 2.44. The highest BCUT2D eigenvalue weighted by Crippen LogP contribution is 2.08. The summed E-state index contributed by atoms with van der Waals surface area (Å²) in [7, 11) is 0. The normalized spacial score (nSPS) is 10.4. The molecule has 0 atom stereocenters. The molecule has 0 saturated carbocycles. The van der Waals surface area contributed by atoms with Crippen LogP contribution in [0.25, 0.3) is 0 Å². The molecular formula is C12H19NO3. The summed E-state index contributed by atoms with van der Waals surface area (Å²) in [6.45, 7) is 2.75. The summed E-state index contributed by atoms with van der Waals surface area (Å²) in [5.41, 5.74) is 0.859. The van der Waals surface area contributed by atoms with E-state index in [4.69, 9.17) is 9.52 Å².